The SMILES string of the molecule is CN1C(=O)C2(C[C@@](C)(Cc3ccccn3)Oc3cnc(-c4cncc(Cl)c4)cc32)N=C1N. The number of fused-ring (bicyclic) bond motifs is 2. The number of ether oxygens (including phenoxy) is 1. The molecule has 0 saturated heterocycles. The zero-order chi connectivity index (χ0) is 22.5. The number of aromatic nitrogens is 3. The Morgan fingerprint density at radius 2 is 2.06 bits per heavy atom. The van der Waals surface area contributed by atoms with E-state index in [1.54, 1.807) is 37.9 Å². The van der Waals surface area contributed by atoms with E-state index in [-0.39, 0.29) is 11.9 Å². The molecule has 2 aliphatic rings. The standard InChI is InChI=1S/C23H21ClN6O2/c1-22(9-16-5-3-4-6-27-16)13-23(20(31)30(2)21(25)29-23)17-8-18(28-12-19(17)32-22)14-7-15(24)11-26-10-14/h3-8,10-12H,9,13H2,1-2H3,(H2,25,29)/t22-,23?/m1/s1. The number of likely N-dealkylation sites (N-methyl/N-ethyl adjacent to an activating group) is 1. The molecule has 2 atom stereocenters. The summed E-state index contributed by atoms with van der Waals surface area (Å²) in [5.41, 5.74) is 6.98. The van der Waals surface area contributed by atoms with Gasteiger partial charge in [0.2, 0.25) is 0 Å². The molecule has 1 unspecified atom stereocenters. The van der Waals surface area contributed by atoms with E-state index < -0.39 is 11.1 Å². The average Bonchev–Trinajstić information content (AvgIpc) is 2.97. The van der Waals surface area contributed by atoms with Gasteiger partial charge in [0.15, 0.2) is 11.5 Å². The highest BCUT2D eigenvalue weighted by atomic mass is 35.5. The summed E-state index contributed by atoms with van der Waals surface area (Å²) >= 11 is 6.11. The summed E-state index contributed by atoms with van der Waals surface area (Å²) in [6.07, 6.45) is 7.40. The van der Waals surface area contributed by atoms with E-state index in [2.05, 4.69) is 19.9 Å². The first-order chi connectivity index (χ1) is 15.3. The van der Waals surface area contributed by atoms with Crippen LogP contribution in [0.3, 0.4) is 0 Å². The van der Waals surface area contributed by atoms with Crippen molar-refractivity contribution in [2.45, 2.75) is 30.9 Å². The van der Waals surface area contributed by atoms with Crippen LogP contribution in [-0.2, 0) is 16.8 Å². The Labute approximate surface area is 190 Å². The van der Waals surface area contributed by atoms with Crippen LogP contribution in [0.1, 0.15) is 24.6 Å². The van der Waals surface area contributed by atoms with Crippen LogP contribution in [0.5, 0.6) is 5.75 Å². The maximum Gasteiger partial charge on any atom is 0.261 e. The van der Waals surface area contributed by atoms with Gasteiger partial charge in [0.25, 0.3) is 5.91 Å². The highest BCUT2D eigenvalue weighted by Gasteiger charge is 2.57. The number of hydrogen-bond acceptors (Lipinski definition) is 7. The van der Waals surface area contributed by atoms with Crippen LogP contribution >= 0.6 is 11.6 Å². The van der Waals surface area contributed by atoms with Crippen LogP contribution in [0.4, 0.5) is 0 Å². The molecule has 3 aromatic heterocycles. The van der Waals surface area contributed by atoms with Crippen molar-refractivity contribution in [3.05, 3.63) is 71.4 Å². The Bertz CT molecular complexity index is 1250. The van der Waals surface area contributed by atoms with Crippen molar-refractivity contribution in [2.24, 2.45) is 10.7 Å². The zero-order valence-corrected chi connectivity index (χ0v) is 18.4. The quantitative estimate of drug-likeness (QED) is 0.660. The molecular formula is C23H21ClN6O2. The van der Waals surface area contributed by atoms with E-state index in [9.17, 15) is 4.79 Å². The highest BCUT2D eigenvalue weighted by Crippen LogP contribution is 2.50. The van der Waals surface area contributed by atoms with Crippen molar-refractivity contribution in [3.8, 4) is 17.0 Å². The van der Waals surface area contributed by atoms with E-state index >= 15 is 0 Å². The molecule has 3 aromatic rings. The van der Waals surface area contributed by atoms with Gasteiger partial charge < -0.3 is 10.5 Å². The first-order valence-electron chi connectivity index (χ1n) is 10.1. The molecule has 5 rings (SSSR count). The molecule has 1 amide bonds. The fourth-order valence-corrected chi connectivity index (χ4v) is 4.64. The van der Waals surface area contributed by atoms with Crippen LogP contribution in [0.15, 0.2) is 60.1 Å². The molecule has 0 radical (unpaired) electrons. The van der Waals surface area contributed by atoms with Gasteiger partial charge in [-0.2, -0.15) is 0 Å². The molecule has 9 heteroatoms. The van der Waals surface area contributed by atoms with Gasteiger partial charge in [-0.25, -0.2) is 4.99 Å². The summed E-state index contributed by atoms with van der Waals surface area (Å²) in [6.45, 7) is 1.96. The van der Waals surface area contributed by atoms with Gasteiger partial charge in [0, 0.05) is 55.3 Å². The Morgan fingerprint density at radius 1 is 1.22 bits per heavy atom. The van der Waals surface area contributed by atoms with E-state index in [0.29, 0.717) is 34.9 Å². The molecule has 2 aliphatic heterocycles. The molecule has 162 valence electrons. The Balaban J connectivity index is 1.65. The lowest BCUT2D eigenvalue weighted by atomic mass is 9.75. The third-order valence-electron chi connectivity index (χ3n) is 5.89. The number of pyridine rings is 3. The molecule has 5 heterocycles. The monoisotopic (exact) mass is 448 g/mol. The lowest BCUT2D eigenvalue weighted by molar-refractivity contribution is -0.134. The lowest BCUT2D eigenvalue weighted by Crippen LogP contribution is -2.51. The van der Waals surface area contributed by atoms with Crippen LogP contribution in [-0.4, -0.2) is 44.4 Å². The number of aliphatic imine (C=N–C) groups is 1. The minimum atomic E-state index is -1.21. The summed E-state index contributed by atoms with van der Waals surface area (Å²) in [7, 11) is 1.63. The molecule has 32 heavy (non-hydrogen) atoms. The predicted octanol–water partition coefficient (Wildman–Crippen LogP) is 2.96. The molecule has 0 saturated carbocycles. The number of carbonyl (C=O) groups is 1. The predicted molar refractivity (Wildman–Crippen MR) is 120 cm³/mol. The largest absolute Gasteiger partial charge is 0.485 e. The average molecular weight is 449 g/mol. The van der Waals surface area contributed by atoms with Crippen LogP contribution in [0.2, 0.25) is 5.02 Å². The molecule has 8 nitrogen and oxygen atoms in total. The maximum absolute atomic E-state index is 13.5. The third-order valence-corrected chi connectivity index (χ3v) is 6.10. The molecular weight excluding hydrogens is 428 g/mol. The normalized spacial score (nSPS) is 24.3. The highest BCUT2D eigenvalue weighted by molar-refractivity contribution is 6.30. The van der Waals surface area contributed by atoms with E-state index in [0.717, 1.165) is 11.3 Å². The number of nitrogens with two attached hydrogens (primary N) is 1. The van der Waals surface area contributed by atoms with Crippen LogP contribution in [0.25, 0.3) is 11.3 Å². The van der Waals surface area contributed by atoms with Crippen molar-refractivity contribution in [3.63, 3.8) is 0 Å². The number of hydrogen-bond donors (Lipinski definition) is 1. The van der Waals surface area contributed by atoms with Gasteiger partial charge >= 0.3 is 0 Å². The third kappa shape index (κ3) is 3.27. The van der Waals surface area contributed by atoms with Gasteiger partial charge in [0.1, 0.15) is 11.4 Å². The molecule has 1 spiro atoms. The molecule has 0 bridgehead atoms. The number of amides is 1. The lowest BCUT2D eigenvalue weighted by Gasteiger charge is -2.43. The number of nitrogens with zero attached hydrogens (tertiary/aromatic N) is 5. The second kappa shape index (κ2) is 7.27. The molecule has 2 N–H and O–H groups in total. The fraction of sp³-hybridized carbons (Fsp3) is 0.261. The zero-order valence-electron chi connectivity index (χ0n) is 17.6. The van der Waals surface area contributed by atoms with Gasteiger partial charge in [-0.3, -0.25) is 24.6 Å². The number of guanidine groups is 1. The molecule has 0 aromatic carbocycles. The summed E-state index contributed by atoms with van der Waals surface area (Å²) in [5.74, 6) is 0.465. The number of halogens is 1. The van der Waals surface area contributed by atoms with E-state index in [1.165, 1.54) is 4.90 Å². The van der Waals surface area contributed by atoms with Crippen molar-refractivity contribution in [2.75, 3.05) is 7.05 Å². The maximum atomic E-state index is 13.5. The smallest absolute Gasteiger partial charge is 0.261 e. The van der Waals surface area contributed by atoms with Crippen LogP contribution in [0, 0.1) is 0 Å². The van der Waals surface area contributed by atoms with Gasteiger partial charge in [-0.05, 0) is 31.2 Å². The Kier molecular flexibility index (Phi) is 4.63. The summed E-state index contributed by atoms with van der Waals surface area (Å²) in [4.78, 5) is 32.7. The Morgan fingerprint density at radius 3 is 2.75 bits per heavy atom. The van der Waals surface area contributed by atoms with Crippen molar-refractivity contribution < 1.29 is 9.53 Å². The minimum absolute atomic E-state index is 0.172. The van der Waals surface area contributed by atoms with Gasteiger partial charge in [-0.1, -0.05) is 17.7 Å². The van der Waals surface area contributed by atoms with Gasteiger partial charge in [-0.15, -0.1) is 0 Å². The van der Waals surface area contributed by atoms with Crippen molar-refractivity contribution in [1.82, 2.24) is 19.9 Å². The van der Waals surface area contributed by atoms with E-state index in [1.807, 2.05) is 31.2 Å². The molecule has 0 aliphatic carbocycles. The molecule has 0 fully saturated rings. The second-order valence-corrected chi connectivity index (χ2v) is 8.82. The number of rotatable bonds is 3. The first kappa shape index (κ1) is 20.4. The fourth-order valence-electron chi connectivity index (χ4n) is 4.47. The summed E-state index contributed by atoms with van der Waals surface area (Å²) in [6, 6.07) is 9.31. The minimum Gasteiger partial charge on any atom is -0.485 e. The van der Waals surface area contributed by atoms with E-state index in [4.69, 9.17) is 22.1 Å². The summed E-state index contributed by atoms with van der Waals surface area (Å²) in [5, 5.41) is 0.495. The van der Waals surface area contributed by atoms with Gasteiger partial charge in [0.05, 0.1) is 16.9 Å². The summed E-state index contributed by atoms with van der Waals surface area (Å²) < 4.78 is 6.42. The topological polar surface area (TPSA) is 107 Å². The van der Waals surface area contributed by atoms with Crippen molar-refractivity contribution in [1.29, 1.82) is 0 Å². The van der Waals surface area contributed by atoms with Crippen molar-refractivity contribution >= 4 is 23.5 Å². The number of carbonyl (C=O) groups excluding carboxylic acids is 1. The second-order valence-electron chi connectivity index (χ2n) is 8.38. The Hall–Kier alpha value is -3.52. The van der Waals surface area contributed by atoms with Crippen LogP contribution < -0.4 is 10.5 Å². The first-order valence-corrected chi connectivity index (χ1v) is 10.5.